The SMILES string of the molecule is CCC(OC)C(O)CCc1ccsc1. The highest BCUT2D eigenvalue weighted by atomic mass is 32.1. The van der Waals surface area contributed by atoms with Gasteiger partial charge in [-0.05, 0) is 41.7 Å². The summed E-state index contributed by atoms with van der Waals surface area (Å²) in [5, 5.41) is 14.0. The molecular weight excluding hydrogens is 196 g/mol. The molecule has 1 rings (SSSR count). The van der Waals surface area contributed by atoms with Gasteiger partial charge in [0.2, 0.25) is 0 Å². The topological polar surface area (TPSA) is 29.5 Å². The molecule has 0 aliphatic rings. The predicted octanol–water partition coefficient (Wildman–Crippen LogP) is 2.47. The first-order valence-electron chi connectivity index (χ1n) is 4.99. The average Bonchev–Trinajstić information content (AvgIpc) is 2.69. The molecule has 2 unspecified atom stereocenters. The molecule has 0 aromatic carbocycles. The standard InChI is InChI=1S/C11H18O2S/c1-3-11(13-2)10(12)5-4-9-6-7-14-8-9/h6-8,10-12H,3-5H2,1-2H3. The summed E-state index contributed by atoms with van der Waals surface area (Å²) in [6.45, 7) is 2.03. The largest absolute Gasteiger partial charge is 0.390 e. The summed E-state index contributed by atoms with van der Waals surface area (Å²) in [5.41, 5.74) is 1.31. The summed E-state index contributed by atoms with van der Waals surface area (Å²) in [6, 6.07) is 2.10. The summed E-state index contributed by atoms with van der Waals surface area (Å²) in [7, 11) is 1.65. The Morgan fingerprint density at radius 1 is 1.57 bits per heavy atom. The van der Waals surface area contributed by atoms with Crippen molar-refractivity contribution in [2.75, 3.05) is 7.11 Å². The molecule has 1 aromatic rings. The van der Waals surface area contributed by atoms with E-state index < -0.39 is 0 Å². The van der Waals surface area contributed by atoms with Crippen molar-refractivity contribution in [1.82, 2.24) is 0 Å². The van der Waals surface area contributed by atoms with Crippen LogP contribution in [0.25, 0.3) is 0 Å². The minimum atomic E-state index is -0.343. The molecule has 2 atom stereocenters. The maximum Gasteiger partial charge on any atom is 0.0827 e. The van der Waals surface area contributed by atoms with Crippen LogP contribution in [0.2, 0.25) is 0 Å². The van der Waals surface area contributed by atoms with Crippen LogP contribution >= 0.6 is 11.3 Å². The monoisotopic (exact) mass is 214 g/mol. The Kier molecular flexibility index (Phi) is 5.15. The van der Waals surface area contributed by atoms with Gasteiger partial charge < -0.3 is 9.84 Å². The maximum atomic E-state index is 9.79. The Balaban J connectivity index is 2.30. The molecule has 0 bridgehead atoms. The molecule has 3 heteroatoms. The zero-order valence-electron chi connectivity index (χ0n) is 8.77. The fourth-order valence-corrected chi connectivity index (χ4v) is 2.23. The number of methoxy groups -OCH3 is 1. The quantitative estimate of drug-likeness (QED) is 0.788. The molecule has 1 aromatic heterocycles. The van der Waals surface area contributed by atoms with Crippen LogP contribution in [0, 0.1) is 0 Å². The van der Waals surface area contributed by atoms with Crippen LogP contribution in [0.1, 0.15) is 25.3 Å². The van der Waals surface area contributed by atoms with E-state index in [-0.39, 0.29) is 12.2 Å². The number of hydrogen-bond acceptors (Lipinski definition) is 3. The van der Waals surface area contributed by atoms with Gasteiger partial charge in [-0.3, -0.25) is 0 Å². The van der Waals surface area contributed by atoms with Crippen molar-refractivity contribution in [1.29, 1.82) is 0 Å². The Labute approximate surface area is 89.5 Å². The molecule has 0 saturated heterocycles. The molecule has 2 nitrogen and oxygen atoms in total. The minimum absolute atomic E-state index is 0.0198. The lowest BCUT2D eigenvalue weighted by molar-refractivity contribution is -0.0169. The highest BCUT2D eigenvalue weighted by Crippen LogP contribution is 2.13. The second-order valence-corrected chi connectivity index (χ2v) is 4.20. The summed E-state index contributed by atoms with van der Waals surface area (Å²) < 4.78 is 5.18. The Morgan fingerprint density at radius 2 is 2.36 bits per heavy atom. The molecule has 0 spiro atoms. The first kappa shape index (κ1) is 11.7. The van der Waals surface area contributed by atoms with Crippen LogP contribution < -0.4 is 0 Å². The van der Waals surface area contributed by atoms with Gasteiger partial charge in [-0.15, -0.1) is 0 Å². The van der Waals surface area contributed by atoms with Gasteiger partial charge in [-0.25, -0.2) is 0 Å². The molecule has 14 heavy (non-hydrogen) atoms. The summed E-state index contributed by atoms with van der Waals surface area (Å²) in [4.78, 5) is 0. The van der Waals surface area contributed by atoms with Crippen LogP contribution in [0.3, 0.4) is 0 Å². The van der Waals surface area contributed by atoms with Crippen molar-refractivity contribution < 1.29 is 9.84 Å². The number of rotatable bonds is 6. The molecule has 0 aliphatic heterocycles. The lowest BCUT2D eigenvalue weighted by atomic mass is 10.0. The predicted molar refractivity (Wildman–Crippen MR) is 59.7 cm³/mol. The molecule has 0 radical (unpaired) electrons. The van der Waals surface area contributed by atoms with E-state index in [0.717, 1.165) is 19.3 Å². The third kappa shape index (κ3) is 3.40. The fourth-order valence-electron chi connectivity index (χ4n) is 1.53. The first-order valence-corrected chi connectivity index (χ1v) is 5.94. The van der Waals surface area contributed by atoms with Crippen molar-refractivity contribution in [3.05, 3.63) is 22.4 Å². The van der Waals surface area contributed by atoms with Gasteiger partial charge in [0.05, 0.1) is 12.2 Å². The van der Waals surface area contributed by atoms with Crippen molar-refractivity contribution in [3.63, 3.8) is 0 Å². The molecule has 0 aliphatic carbocycles. The number of aliphatic hydroxyl groups is 1. The van der Waals surface area contributed by atoms with Crippen LogP contribution in [-0.2, 0) is 11.2 Å². The van der Waals surface area contributed by atoms with Crippen LogP contribution in [0.5, 0.6) is 0 Å². The Morgan fingerprint density at radius 3 is 2.86 bits per heavy atom. The number of aryl methyl sites for hydroxylation is 1. The number of aliphatic hydroxyl groups excluding tert-OH is 1. The van der Waals surface area contributed by atoms with E-state index in [1.807, 2.05) is 6.92 Å². The summed E-state index contributed by atoms with van der Waals surface area (Å²) >= 11 is 1.70. The molecule has 1 N–H and O–H groups in total. The maximum absolute atomic E-state index is 9.79. The van der Waals surface area contributed by atoms with Crippen LogP contribution in [0.4, 0.5) is 0 Å². The van der Waals surface area contributed by atoms with Gasteiger partial charge in [-0.1, -0.05) is 6.92 Å². The van der Waals surface area contributed by atoms with E-state index in [1.54, 1.807) is 18.4 Å². The third-order valence-electron chi connectivity index (χ3n) is 2.44. The van der Waals surface area contributed by atoms with Crippen molar-refractivity contribution in [3.8, 4) is 0 Å². The minimum Gasteiger partial charge on any atom is -0.390 e. The normalized spacial score (nSPS) is 15.4. The summed E-state index contributed by atoms with van der Waals surface area (Å²) in [5.74, 6) is 0. The fraction of sp³-hybridized carbons (Fsp3) is 0.636. The van der Waals surface area contributed by atoms with Gasteiger partial charge in [0.15, 0.2) is 0 Å². The van der Waals surface area contributed by atoms with E-state index in [2.05, 4.69) is 16.8 Å². The molecule has 0 fully saturated rings. The molecule has 0 saturated carbocycles. The number of hydrogen-bond donors (Lipinski definition) is 1. The van der Waals surface area contributed by atoms with E-state index in [0.29, 0.717) is 0 Å². The average molecular weight is 214 g/mol. The molecule has 0 amide bonds. The number of thiophene rings is 1. The summed E-state index contributed by atoms with van der Waals surface area (Å²) in [6.07, 6.45) is 2.22. The third-order valence-corrected chi connectivity index (χ3v) is 3.18. The molecule has 80 valence electrons. The van der Waals surface area contributed by atoms with Gasteiger partial charge in [-0.2, -0.15) is 11.3 Å². The highest BCUT2D eigenvalue weighted by Gasteiger charge is 2.16. The van der Waals surface area contributed by atoms with Crippen LogP contribution in [0.15, 0.2) is 16.8 Å². The van der Waals surface area contributed by atoms with E-state index in [4.69, 9.17) is 4.74 Å². The molecule has 1 heterocycles. The second-order valence-electron chi connectivity index (χ2n) is 3.42. The van der Waals surface area contributed by atoms with Crippen molar-refractivity contribution >= 4 is 11.3 Å². The zero-order chi connectivity index (χ0) is 10.4. The Bertz CT molecular complexity index is 229. The van der Waals surface area contributed by atoms with E-state index in [9.17, 15) is 5.11 Å². The van der Waals surface area contributed by atoms with E-state index in [1.165, 1.54) is 5.56 Å². The lowest BCUT2D eigenvalue weighted by Crippen LogP contribution is -2.27. The van der Waals surface area contributed by atoms with Crippen LogP contribution in [-0.4, -0.2) is 24.4 Å². The first-order chi connectivity index (χ1) is 6.77. The van der Waals surface area contributed by atoms with Gasteiger partial charge in [0.1, 0.15) is 0 Å². The van der Waals surface area contributed by atoms with Gasteiger partial charge >= 0.3 is 0 Å². The lowest BCUT2D eigenvalue weighted by Gasteiger charge is -2.19. The van der Waals surface area contributed by atoms with Gasteiger partial charge in [0.25, 0.3) is 0 Å². The highest BCUT2D eigenvalue weighted by molar-refractivity contribution is 7.07. The smallest absolute Gasteiger partial charge is 0.0827 e. The molecular formula is C11H18O2S. The van der Waals surface area contributed by atoms with Crippen molar-refractivity contribution in [2.45, 2.75) is 38.4 Å². The van der Waals surface area contributed by atoms with E-state index >= 15 is 0 Å². The Hall–Kier alpha value is -0.380. The zero-order valence-corrected chi connectivity index (χ0v) is 9.59. The second kappa shape index (κ2) is 6.17. The van der Waals surface area contributed by atoms with Gasteiger partial charge in [0, 0.05) is 7.11 Å². The van der Waals surface area contributed by atoms with Crippen molar-refractivity contribution in [2.24, 2.45) is 0 Å². The number of ether oxygens (including phenoxy) is 1.